The van der Waals surface area contributed by atoms with E-state index in [2.05, 4.69) is 10.2 Å². The van der Waals surface area contributed by atoms with E-state index in [1.807, 2.05) is 0 Å². The Morgan fingerprint density at radius 2 is 2.27 bits per heavy atom. The molecule has 1 fully saturated rings. The predicted molar refractivity (Wildman–Crippen MR) is 88.7 cm³/mol. The molecule has 4 nitrogen and oxygen atoms in total. The summed E-state index contributed by atoms with van der Waals surface area (Å²) in [6.45, 7) is 2.85. The van der Waals surface area contributed by atoms with Gasteiger partial charge in [-0.1, -0.05) is 17.7 Å². The fourth-order valence-corrected chi connectivity index (χ4v) is 2.88. The SMILES string of the molecule is Cl.NCCNC(=O)C1CCCN(Cc2c(F)cccc2Cl)C1. The van der Waals surface area contributed by atoms with Gasteiger partial charge in [0.05, 0.1) is 5.92 Å². The lowest BCUT2D eigenvalue weighted by atomic mass is 9.96. The Morgan fingerprint density at radius 1 is 1.50 bits per heavy atom. The number of rotatable bonds is 5. The molecule has 124 valence electrons. The van der Waals surface area contributed by atoms with Gasteiger partial charge in [0.2, 0.25) is 5.91 Å². The van der Waals surface area contributed by atoms with Crippen molar-refractivity contribution in [2.24, 2.45) is 11.7 Å². The molecule has 1 aliphatic heterocycles. The molecule has 1 aliphatic rings. The Labute approximate surface area is 141 Å². The van der Waals surface area contributed by atoms with Crippen LogP contribution >= 0.6 is 24.0 Å². The molecule has 22 heavy (non-hydrogen) atoms. The van der Waals surface area contributed by atoms with E-state index >= 15 is 0 Å². The average Bonchev–Trinajstić information content (AvgIpc) is 2.49. The van der Waals surface area contributed by atoms with Crippen LogP contribution < -0.4 is 11.1 Å². The summed E-state index contributed by atoms with van der Waals surface area (Å²) in [5.74, 6) is -0.321. The Morgan fingerprint density at radius 3 is 2.95 bits per heavy atom. The molecule has 7 heteroatoms. The number of piperidine rings is 1. The molecule has 0 aliphatic carbocycles. The number of hydrogen-bond donors (Lipinski definition) is 2. The summed E-state index contributed by atoms with van der Waals surface area (Å²) in [5, 5.41) is 3.25. The third-order valence-electron chi connectivity index (χ3n) is 3.76. The van der Waals surface area contributed by atoms with Crippen molar-refractivity contribution in [1.82, 2.24) is 10.2 Å². The van der Waals surface area contributed by atoms with E-state index < -0.39 is 0 Å². The van der Waals surface area contributed by atoms with Crippen LogP contribution in [0.5, 0.6) is 0 Å². The van der Waals surface area contributed by atoms with Gasteiger partial charge in [-0.05, 0) is 31.5 Å². The van der Waals surface area contributed by atoms with Gasteiger partial charge in [-0.25, -0.2) is 4.39 Å². The summed E-state index contributed by atoms with van der Waals surface area (Å²) in [4.78, 5) is 14.1. The molecule has 1 heterocycles. The fraction of sp³-hybridized carbons (Fsp3) is 0.533. The van der Waals surface area contributed by atoms with Crippen LogP contribution in [0.1, 0.15) is 18.4 Å². The highest BCUT2D eigenvalue weighted by Crippen LogP contribution is 2.24. The zero-order chi connectivity index (χ0) is 15.2. The van der Waals surface area contributed by atoms with Crippen molar-refractivity contribution in [1.29, 1.82) is 0 Å². The van der Waals surface area contributed by atoms with Gasteiger partial charge in [0.15, 0.2) is 0 Å². The van der Waals surface area contributed by atoms with E-state index in [4.69, 9.17) is 17.3 Å². The van der Waals surface area contributed by atoms with E-state index in [-0.39, 0.29) is 30.0 Å². The maximum atomic E-state index is 13.8. The van der Waals surface area contributed by atoms with E-state index in [1.54, 1.807) is 12.1 Å². The number of carbonyl (C=O) groups excluding carboxylic acids is 1. The number of carbonyl (C=O) groups is 1. The van der Waals surface area contributed by atoms with E-state index in [9.17, 15) is 9.18 Å². The molecule has 0 radical (unpaired) electrons. The monoisotopic (exact) mass is 349 g/mol. The lowest BCUT2D eigenvalue weighted by molar-refractivity contribution is -0.126. The molecule has 3 N–H and O–H groups in total. The highest BCUT2D eigenvalue weighted by molar-refractivity contribution is 6.31. The number of halogens is 3. The third kappa shape index (κ3) is 5.09. The summed E-state index contributed by atoms with van der Waals surface area (Å²) < 4.78 is 13.8. The van der Waals surface area contributed by atoms with E-state index in [0.717, 1.165) is 19.4 Å². The fourth-order valence-electron chi connectivity index (χ4n) is 2.66. The first kappa shape index (κ1) is 19.2. The molecule has 1 aromatic carbocycles. The van der Waals surface area contributed by atoms with Crippen LogP contribution in [0, 0.1) is 11.7 Å². The minimum absolute atomic E-state index is 0. The van der Waals surface area contributed by atoms with Crippen molar-refractivity contribution in [2.75, 3.05) is 26.2 Å². The number of likely N-dealkylation sites (tertiary alicyclic amines) is 1. The van der Waals surface area contributed by atoms with E-state index in [0.29, 0.717) is 36.8 Å². The quantitative estimate of drug-likeness (QED) is 0.856. The maximum Gasteiger partial charge on any atom is 0.224 e. The van der Waals surface area contributed by atoms with Gasteiger partial charge in [0.25, 0.3) is 0 Å². The number of benzene rings is 1. The molecule has 1 saturated heterocycles. The van der Waals surface area contributed by atoms with E-state index in [1.165, 1.54) is 6.07 Å². The molecule has 1 unspecified atom stereocenters. The highest BCUT2D eigenvalue weighted by Gasteiger charge is 2.26. The molecule has 0 saturated carbocycles. The summed E-state index contributed by atoms with van der Waals surface area (Å²) in [6.07, 6.45) is 1.78. The van der Waals surface area contributed by atoms with Crippen molar-refractivity contribution in [2.45, 2.75) is 19.4 Å². The van der Waals surface area contributed by atoms with Crippen LogP contribution in [-0.2, 0) is 11.3 Å². The zero-order valence-electron chi connectivity index (χ0n) is 12.4. The number of nitrogens with one attached hydrogen (secondary N) is 1. The van der Waals surface area contributed by atoms with Gasteiger partial charge in [0.1, 0.15) is 5.82 Å². The van der Waals surface area contributed by atoms with Crippen LogP contribution in [0.3, 0.4) is 0 Å². The summed E-state index contributed by atoms with van der Waals surface area (Å²) in [7, 11) is 0. The number of hydrogen-bond acceptors (Lipinski definition) is 3. The molecule has 0 bridgehead atoms. The molecule has 1 atom stereocenters. The molecule has 0 aromatic heterocycles. The molecule has 1 amide bonds. The van der Waals surface area contributed by atoms with Gasteiger partial charge in [0, 0.05) is 36.8 Å². The van der Waals surface area contributed by atoms with Crippen LogP contribution in [0.15, 0.2) is 18.2 Å². The minimum Gasteiger partial charge on any atom is -0.355 e. The first-order chi connectivity index (χ1) is 10.1. The second kappa shape index (κ2) is 9.30. The van der Waals surface area contributed by atoms with Gasteiger partial charge in [-0.2, -0.15) is 0 Å². The van der Waals surface area contributed by atoms with Gasteiger partial charge >= 0.3 is 0 Å². The number of nitrogens with two attached hydrogens (primary N) is 1. The second-order valence-electron chi connectivity index (χ2n) is 5.35. The predicted octanol–water partition coefficient (Wildman–Crippen LogP) is 2.19. The lowest BCUT2D eigenvalue weighted by Gasteiger charge is -2.32. The number of amides is 1. The first-order valence-corrected chi connectivity index (χ1v) is 7.62. The second-order valence-corrected chi connectivity index (χ2v) is 5.76. The van der Waals surface area contributed by atoms with Crippen LogP contribution in [0.2, 0.25) is 5.02 Å². The molecule has 1 aromatic rings. The average molecular weight is 350 g/mol. The van der Waals surface area contributed by atoms with Crippen LogP contribution in [-0.4, -0.2) is 37.0 Å². The standard InChI is InChI=1S/C15H21ClFN3O.ClH/c16-13-4-1-5-14(17)12(13)10-20-8-2-3-11(9-20)15(21)19-7-6-18;/h1,4-5,11H,2-3,6-10,18H2,(H,19,21);1H. The van der Waals surface area contributed by atoms with Gasteiger partial charge < -0.3 is 11.1 Å². The Balaban J connectivity index is 0.00000242. The summed E-state index contributed by atoms with van der Waals surface area (Å²) in [6, 6.07) is 4.70. The zero-order valence-corrected chi connectivity index (χ0v) is 13.9. The normalized spacial score (nSPS) is 18.6. The number of nitrogens with zero attached hydrogens (tertiary/aromatic N) is 1. The van der Waals surface area contributed by atoms with Crippen molar-refractivity contribution < 1.29 is 9.18 Å². The van der Waals surface area contributed by atoms with Crippen molar-refractivity contribution in [3.8, 4) is 0 Å². The van der Waals surface area contributed by atoms with Crippen molar-refractivity contribution >= 4 is 29.9 Å². The molecular weight excluding hydrogens is 328 g/mol. The summed E-state index contributed by atoms with van der Waals surface area (Å²) in [5.41, 5.74) is 5.89. The first-order valence-electron chi connectivity index (χ1n) is 7.25. The Bertz CT molecular complexity index is 481. The summed E-state index contributed by atoms with van der Waals surface area (Å²) >= 11 is 6.06. The van der Waals surface area contributed by atoms with Gasteiger partial charge in [-0.3, -0.25) is 9.69 Å². The van der Waals surface area contributed by atoms with Gasteiger partial charge in [-0.15, -0.1) is 12.4 Å². The smallest absolute Gasteiger partial charge is 0.224 e. The maximum absolute atomic E-state index is 13.8. The van der Waals surface area contributed by atoms with Crippen molar-refractivity contribution in [3.05, 3.63) is 34.6 Å². The molecule has 0 spiro atoms. The molecule has 2 rings (SSSR count). The Hall–Kier alpha value is -0.880. The minimum atomic E-state index is -0.294. The highest BCUT2D eigenvalue weighted by atomic mass is 35.5. The van der Waals surface area contributed by atoms with Crippen LogP contribution in [0.4, 0.5) is 4.39 Å². The van der Waals surface area contributed by atoms with Crippen LogP contribution in [0.25, 0.3) is 0 Å². The largest absolute Gasteiger partial charge is 0.355 e. The topological polar surface area (TPSA) is 58.4 Å². The Kier molecular flexibility index (Phi) is 8.10. The lowest BCUT2D eigenvalue weighted by Crippen LogP contribution is -2.43. The van der Waals surface area contributed by atoms with Crippen molar-refractivity contribution in [3.63, 3.8) is 0 Å². The molecular formula is C15H22Cl2FN3O. The third-order valence-corrected chi connectivity index (χ3v) is 4.12.